The van der Waals surface area contributed by atoms with Gasteiger partial charge in [-0.1, -0.05) is 15.9 Å². The van der Waals surface area contributed by atoms with Crippen LogP contribution in [0.15, 0.2) is 22.7 Å². The highest BCUT2D eigenvalue weighted by Gasteiger charge is 2.13. The molecule has 1 aromatic carbocycles. The van der Waals surface area contributed by atoms with Crippen LogP contribution in [0.2, 0.25) is 0 Å². The number of hydrogen-bond donors (Lipinski definition) is 0. The molecule has 1 aromatic rings. The third kappa shape index (κ3) is 6.19. The van der Waals surface area contributed by atoms with Crippen LogP contribution in [0.25, 0.3) is 0 Å². The fourth-order valence-electron chi connectivity index (χ4n) is 1.49. The van der Waals surface area contributed by atoms with Gasteiger partial charge in [-0.3, -0.25) is 0 Å². The van der Waals surface area contributed by atoms with Crippen LogP contribution in [0.4, 0.5) is 0 Å². The highest BCUT2D eigenvalue weighted by Crippen LogP contribution is 2.31. The Bertz CT molecular complexity index is 406. The SMILES string of the molecule is COC(COc1ccc(Br)cc1OCC(OC)OC)OC. The molecule has 0 radical (unpaired) electrons. The Morgan fingerprint density at radius 1 is 0.810 bits per heavy atom. The molecule has 0 atom stereocenters. The van der Waals surface area contributed by atoms with Crippen LogP contribution >= 0.6 is 15.9 Å². The average molecular weight is 365 g/mol. The van der Waals surface area contributed by atoms with Crippen LogP contribution in [0.5, 0.6) is 11.5 Å². The Morgan fingerprint density at radius 3 is 1.76 bits per heavy atom. The number of ether oxygens (including phenoxy) is 6. The normalized spacial score (nSPS) is 11.2. The number of methoxy groups -OCH3 is 4. The van der Waals surface area contributed by atoms with E-state index in [0.29, 0.717) is 11.5 Å². The van der Waals surface area contributed by atoms with E-state index < -0.39 is 12.6 Å². The van der Waals surface area contributed by atoms with Gasteiger partial charge in [0.05, 0.1) is 0 Å². The molecular weight excluding hydrogens is 344 g/mol. The summed E-state index contributed by atoms with van der Waals surface area (Å²) in [6.07, 6.45) is -0.880. The summed E-state index contributed by atoms with van der Waals surface area (Å²) in [6, 6.07) is 5.48. The summed E-state index contributed by atoms with van der Waals surface area (Å²) >= 11 is 3.40. The molecule has 0 bridgehead atoms. The van der Waals surface area contributed by atoms with Gasteiger partial charge in [0.15, 0.2) is 24.1 Å². The summed E-state index contributed by atoms with van der Waals surface area (Å²) in [5, 5.41) is 0. The van der Waals surface area contributed by atoms with Crippen molar-refractivity contribution in [3.63, 3.8) is 0 Å². The van der Waals surface area contributed by atoms with Crippen molar-refractivity contribution in [1.82, 2.24) is 0 Å². The first-order valence-electron chi connectivity index (χ1n) is 6.30. The summed E-state index contributed by atoms with van der Waals surface area (Å²) in [5.74, 6) is 1.16. The zero-order valence-electron chi connectivity index (χ0n) is 12.6. The maximum atomic E-state index is 5.67. The molecule has 0 heterocycles. The number of hydrogen-bond acceptors (Lipinski definition) is 6. The monoisotopic (exact) mass is 364 g/mol. The van der Waals surface area contributed by atoms with E-state index in [-0.39, 0.29) is 13.2 Å². The average Bonchev–Trinajstić information content (AvgIpc) is 2.51. The van der Waals surface area contributed by atoms with Crippen molar-refractivity contribution in [3.8, 4) is 11.5 Å². The summed E-state index contributed by atoms with van der Waals surface area (Å²) in [6.45, 7) is 0.501. The third-order valence-corrected chi connectivity index (χ3v) is 3.20. The molecule has 120 valence electrons. The molecule has 7 heteroatoms. The highest BCUT2D eigenvalue weighted by molar-refractivity contribution is 9.10. The highest BCUT2D eigenvalue weighted by atomic mass is 79.9. The summed E-state index contributed by atoms with van der Waals surface area (Å²) in [4.78, 5) is 0. The minimum atomic E-state index is -0.442. The summed E-state index contributed by atoms with van der Waals surface area (Å²) in [7, 11) is 6.21. The Labute approximate surface area is 133 Å². The Hall–Kier alpha value is -0.860. The fraction of sp³-hybridized carbons (Fsp3) is 0.571. The topological polar surface area (TPSA) is 55.4 Å². The second kappa shape index (κ2) is 9.97. The number of benzene rings is 1. The van der Waals surface area contributed by atoms with Crippen molar-refractivity contribution in [3.05, 3.63) is 22.7 Å². The van der Waals surface area contributed by atoms with Crippen LogP contribution in [0.1, 0.15) is 0 Å². The molecule has 0 aliphatic heterocycles. The Kier molecular flexibility index (Phi) is 8.63. The standard InChI is InChI=1S/C14H21BrO6/c1-16-13(17-2)8-20-11-6-5-10(15)7-12(11)21-9-14(18-3)19-4/h5-7,13-14H,8-9H2,1-4H3. The largest absolute Gasteiger partial charge is 0.484 e. The van der Waals surface area contributed by atoms with E-state index in [0.717, 1.165) is 4.47 Å². The number of rotatable bonds is 10. The van der Waals surface area contributed by atoms with Crippen molar-refractivity contribution in [2.75, 3.05) is 41.7 Å². The van der Waals surface area contributed by atoms with Gasteiger partial charge >= 0.3 is 0 Å². The molecule has 0 aliphatic rings. The molecule has 0 saturated carbocycles. The van der Waals surface area contributed by atoms with Gasteiger partial charge in [-0.2, -0.15) is 0 Å². The Morgan fingerprint density at radius 2 is 1.29 bits per heavy atom. The van der Waals surface area contributed by atoms with E-state index in [9.17, 15) is 0 Å². The molecule has 0 unspecified atom stereocenters. The predicted molar refractivity (Wildman–Crippen MR) is 80.7 cm³/mol. The van der Waals surface area contributed by atoms with E-state index in [1.807, 2.05) is 12.1 Å². The van der Waals surface area contributed by atoms with Crippen molar-refractivity contribution in [2.24, 2.45) is 0 Å². The van der Waals surface area contributed by atoms with E-state index in [1.54, 1.807) is 34.5 Å². The maximum Gasteiger partial charge on any atom is 0.191 e. The van der Waals surface area contributed by atoms with Crippen molar-refractivity contribution in [1.29, 1.82) is 0 Å². The first kappa shape index (κ1) is 18.2. The molecule has 6 nitrogen and oxygen atoms in total. The lowest BCUT2D eigenvalue weighted by Crippen LogP contribution is -2.23. The summed E-state index contributed by atoms with van der Waals surface area (Å²) in [5.41, 5.74) is 0. The van der Waals surface area contributed by atoms with Crippen molar-refractivity contribution < 1.29 is 28.4 Å². The zero-order valence-corrected chi connectivity index (χ0v) is 14.2. The fourth-order valence-corrected chi connectivity index (χ4v) is 1.83. The van der Waals surface area contributed by atoms with Crippen molar-refractivity contribution in [2.45, 2.75) is 12.6 Å². The first-order valence-corrected chi connectivity index (χ1v) is 7.10. The minimum Gasteiger partial charge on any atom is -0.484 e. The van der Waals surface area contributed by atoms with Gasteiger partial charge in [0, 0.05) is 32.9 Å². The van der Waals surface area contributed by atoms with Crippen LogP contribution in [-0.2, 0) is 18.9 Å². The van der Waals surface area contributed by atoms with E-state index in [1.165, 1.54) is 0 Å². The van der Waals surface area contributed by atoms with E-state index in [4.69, 9.17) is 28.4 Å². The molecule has 0 spiro atoms. The second-order valence-corrected chi connectivity index (χ2v) is 4.93. The molecule has 1 rings (SSSR count). The lowest BCUT2D eigenvalue weighted by molar-refractivity contribution is -0.125. The van der Waals surface area contributed by atoms with Crippen molar-refractivity contribution >= 4 is 15.9 Å². The zero-order chi connectivity index (χ0) is 15.7. The molecule has 0 fully saturated rings. The van der Waals surface area contributed by atoms with Gasteiger partial charge in [-0.15, -0.1) is 0 Å². The van der Waals surface area contributed by atoms with Gasteiger partial charge < -0.3 is 28.4 Å². The molecule has 21 heavy (non-hydrogen) atoms. The van der Waals surface area contributed by atoms with Gasteiger partial charge in [0.2, 0.25) is 0 Å². The third-order valence-electron chi connectivity index (χ3n) is 2.71. The second-order valence-electron chi connectivity index (χ2n) is 4.01. The molecular formula is C14H21BrO6. The van der Waals surface area contributed by atoms with Gasteiger partial charge in [-0.05, 0) is 18.2 Å². The predicted octanol–water partition coefficient (Wildman–Crippen LogP) is 2.44. The van der Waals surface area contributed by atoms with E-state index in [2.05, 4.69) is 15.9 Å². The molecule has 0 saturated heterocycles. The molecule has 0 N–H and O–H groups in total. The molecule has 0 amide bonds. The quantitative estimate of drug-likeness (QED) is 0.594. The molecule has 0 aliphatic carbocycles. The first-order chi connectivity index (χ1) is 10.1. The lowest BCUT2D eigenvalue weighted by atomic mass is 10.3. The van der Waals surface area contributed by atoms with Crippen LogP contribution in [0.3, 0.4) is 0 Å². The smallest absolute Gasteiger partial charge is 0.191 e. The van der Waals surface area contributed by atoms with Crippen LogP contribution < -0.4 is 9.47 Å². The number of halogens is 1. The van der Waals surface area contributed by atoms with Gasteiger partial charge in [-0.25, -0.2) is 0 Å². The van der Waals surface area contributed by atoms with Gasteiger partial charge in [0.1, 0.15) is 13.2 Å². The Balaban J connectivity index is 2.70. The minimum absolute atomic E-state index is 0.248. The van der Waals surface area contributed by atoms with Crippen LogP contribution in [0, 0.1) is 0 Å². The summed E-state index contributed by atoms with van der Waals surface area (Å²) < 4.78 is 32.5. The van der Waals surface area contributed by atoms with Gasteiger partial charge in [0.25, 0.3) is 0 Å². The van der Waals surface area contributed by atoms with E-state index >= 15 is 0 Å². The maximum absolute atomic E-state index is 5.67. The van der Waals surface area contributed by atoms with Crippen LogP contribution in [-0.4, -0.2) is 54.2 Å². The lowest BCUT2D eigenvalue weighted by Gasteiger charge is -2.18. The molecule has 0 aromatic heterocycles.